The summed E-state index contributed by atoms with van der Waals surface area (Å²) in [7, 11) is 0. The van der Waals surface area contributed by atoms with Crippen molar-refractivity contribution in [2.45, 2.75) is 0 Å². The third kappa shape index (κ3) is 9.22. The van der Waals surface area contributed by atoms with Crippen LogP contribution in [-0.2, 0) is 0 Å². The second-order valence-electron chi connectivity index (χ2n) is 23.9. The molecular weight excluding hydrogens is 1130 g/mol. The summed E-state index contributed by atoms with van der Waals surface area (Å²) in [5, 5.41) is 6.78. The van der Waals surface area contributed by atoms with Crippen molar-refractivity contribution in [3.63, 3.8) is 0 Å². The number of hydrogen-bond donors (Lipinski definition) is 0. The smallest absolute Gasteiger partial charge is 0.238 e. The maximum absolute atomic E-state index is 5.84. The van der Waals surface area contributed by atoms with Gasteiger partial charge in [0.15, 0.2) is 11.6 Å². The van der Waals surface area contributed by atoms with Gasteiger partial charge in [0.25, 0.3) is 0 Å². The molecule has 0 saturated carbocycles. The Bertz CT molecular complexity index is 5340. The molecule has 0 aliphatic carbocycles. The van der Waals surface area contributed by atoms with Crippen molar-refractivity contribution in [3.05, 3.63) is 340 Å². The molecule has 4 heterocycles. The van der Waals surface area contributed by atoms with Crippen molar-refractivity contribution in [2.24, 2.45) is 0 Å². The summed E-state index contributed by atoms with van der Waals surface area (Å²) in [5.74, 6) is 1.55. The number of para-hydroxylation sites is 2. The molecule has 0 unspecified atom stereocenters. The Balaban J connectivity index is 0.945. The summed E-state index contributed by atoms with van der Waals surface area (Å²) >= 11 is 0. The quantitative estimate of drug-likeness (QED) is 0.130. The van der Waals surface area contributed by atoms with Crippen LogP contribution in [0.15, 0.2) is 340 Å². The van der Waals surface area contributed by atoms with Gasteiger partial charge in [-0.15, -0.1) is 0 Å². The zero-order valence-corrected chi connectivity index (χ0v) is 50.5. The highest BCUT2D eigenvalue weighted by atomic mass is 15.2. The third-order valence-electron chi connectivity index (χ3n) is 18.5. The number of nitrogens with zero attached hydrogens (tertiary/aromatic N) is 6. The molecule has 0 N–H and O–H groups in total. The fourth-order valence-corrected chi connectivity index (χ4v) is 14.1. The van der Waals surface area contributed by atoms with E-state index in [-0.39, 0.29) is 0 Å². The molecule has 6 heteroatoms. The number of benzene rings is 14. The predicted octanol–water partition coefficient (Wildman–Crippen LogP) is 22.5. The van der Waals surface area contributed by atoms with E-state index in [1.807, 2.05) is 0 Å². The van der Waals surface area contributed by atoms with E-state index in [0.717, 1.165) is 155 Å². The van der Waals surface area contributed by atoms with Crippen molar-refractivity contribution < 1.29 is 0 Å². The van der Waals surface area contributed by atoms with Gasteiger partial charge in [0.2, 0.25) is 5.95 Å². The van der Waals surface area contributed by atoms with Gasteiger partial charge in [-0.05, 0) is 127 Å². The largest absolute Gasteiger partial charge is 0.308 e. The first-order valence-corrected chi connectivity index (χ1v) is 31.7. The second-order valence-corrected chi connectivity index (χ2v) is 23.9. The first-order chi connectivity index (χ1) is 46.1. The summed E-state index contributed by atoms with van der Waals surface area (Å²) < 4.78 is 7.14. The van der Waals surface area contributed by atoms with Gasteiger partial charge in [-0.25, -0.2) is 4.98 Å². The van der Waals surface area contributed by atoms with Crippen LogP contribution in [0.1, 0.15) is 0 Å². The first-order valence-electron chi connectivity index (χ1n) is 31.7. The molecule has 93 heavy (non-hydrogen) atoms. The van der Waals surface area contributed by atoms with Gasteiger partial charge in [0.1, 0.15) is 0 Å². The number of aromatic nitrogens is 6. The maximum atomic E-state index is 5.84. The van der Waals surface area contributed by atoms with Crippen LogP contribution < -0.4 is 0 Å². The summed E-state index contributed by atoms with van der Waals surface area (Å²) in [5.41, 5.74) is 23.3. The molecule has 18 rings (SSSR count). The molecule has 4 aromatic heterocycles. The van der Waals surface area contributed by atoms with E-state index < -0.39 is 0 Å². The standard InChI is InChI=1S/C87H56N6/c1-7-23-57(24-8-1)63-39-45-69-70-46-40-64(58-25-9-2-10-26-58)52-80(70)91(79(69)51-63)77-37-21-19-35-75(77)85-88-86(90-87(89-85)93-83-55-67(61-31-15-5-16-32-61)43-49-73(83)74-50-44-68(56-84(74)93)62-33-17-6-18-34-62)76-36-20-22-38-78(76)92-81-53-65(59-27-11-3-12-28-59)41-47-71(81)72-48-42-66(54-82(72)92)60-29-13-4-14-30-60/h1-56H. The summed E-state index contributed by atoms with van der Waals surface area (Å²) in [6, 6.07) is 122. The molecule has 0 saturated heterocycles. The normalized spacial score (nSPS) is 11.7. The molecule has 18 aromatic rings. The Morgan fingerprint density at radius 2 is 0.387 bits per heavy atom. The molecule has 14 aromatic carbocycles. The molecule has 6 nitrogen and oxygen atoms in total. The van der Waals surface area contributed by atoms with Gasteiger partial charge in [-0.2, -0.15) is 9.97 Å². The van der Waals surface area contributed by atoms with Crippen LogP contribution in [0, 0.1) is 0 Å². The fourth-order valence-electron chi connectivity index (χ4n) is 14.1. The van der Waals surface area contributed by atoms with E-state index >= 15 is 0 Å². The molecular formula is C87H56N6. The topological polar surface area (TPSA) is 53.5 Å². The Morgan fingerprint density at radius 3 is 0.634 bits per heavy atom. The van der Waals surface area contributed by atoms with Gasteiger partial charge in [0, 0.05) is 43.4 Å². The van der Waals surface area contributed by atoms with Crippen LogP contribution in [0.3, 0.4) is 0 Å². The van der Waals surface area contributed by atoms with Crippen molar-refractivity contribution in [3.8, 4) is 107 Å². The molecule has 0 fully saturated rings. The van der Waals surface area contributed by atoms with E-state index in [9.17, 15) is 0 Å². The number of fused-ring (bicyclic) bond motifs is 9. The molecule has 0 aliphatic heterocycles. The van der Waals surface area contributed by atoms with E-state index in [0.29, 0.717) is 17.6 Å². The molecule has 0 bridgehead atoms. The fraction of sp³-hybridized carbons (Fsp3) is 0. The zero-order chi connectivity index (χ0) is 61.3. The van der Waals surface area contributed by atoms with Crippen molar-refractivity contribution in [2.75, 3.05) is 0 Å². The van der Waals surface area contributed by atoms with E-state index in [4.69, 9.17) is 15.0 Å². The molecule has 0 spiro atoms. The van der Waals surface area contributed by atoms with Crippen molar-refractivity contribution in [1.82, 2.24) is 28.7 Å². The van der Waals surface area contributed by atoms with E-state index in [2.05, 4.69) is 353 Å². The van der Waals surface area contributed by atoms with Crippen LogP contribution in [0.4, 0.5) is 0 Å². The monoisotopic (exact) mass is 1180 g/mol. The molecule has 0 aliphatic rings. The maximum Gasteiger partial charge on any atom is 0.238 e. The lowest BCUT2D eigenvalue weighted by Crippen LogP contribution is -2.09. The lowest BCUT2D eigenvalue weighted by Gasteiger charge is -2.17. The van der Waals surface area contributed by atoms with E-state index in [1.165, 1.54) is 0 Å². The SMILES string of the molecule is c1ccc(-c2ccc3c4ccc(-c5ccccc5)cc4n(-c4nc(-c5ccccc5-n5c6cc(-c7ccccc7)ccc6c6ccc(-c7ccccc7)cc65)nc(-c5ccccc5-n5c6cc(-c7ccccc7)ccc6c6ccc(-c7ccccc7)cc65)n4)c3c2)cc1. The molecule has 0 radical (unpaired) electrons. The third-order valence-corrected chi connectivity index (χ3v) is 18.5. The summed E-state index contributed by atoms with van der Waals surface area (Å²) in [4.78, 5) is 17.5. The average Bonchev–Trinajstić information content (AvgIpc) is 1.61. The highest BCUT2D eigenvalue weighted by molar-refractivity contribution is 6.14. The number of hydrogen-bond acceptors (Lipinski definition) is 3. The molecule has 0 atom stereocenters. The first kappa shape index (κ1) is 53.5. The second kappa shape index (κ2) is 22.2. The van der Waals surface area contributed by atoms with Crippen LogP contribution in [0.25, 0.3) is 172 Å². The minimum atomic E-state index is 0.495. The molecule has 0 amide bonds. The molecule has 434 valence electrons. The van der Waals surface area contributed by atoms with Gasteiger partial charge in [0.05, 0.1) is 44.5 Å². The minimum absolute atomic E-state index is 0.495. The van der Waals surface area contributed by atoms with Crippen LogP contribution in [0.2, 0.25) is 0 Å². The highest BCUT2D eigenvalue weighted by Gasteiger charge is 2.26. The van der Waals surface area contributed by atoms with Gasteiger partial charge in [-0.3, -0.25) is 4.57 Å². The van der Waals surface area contributed by atoms with Crippen molar-refractivity contribution in [1.29, 1.82) is 0 Å². The zero-order valence-electron chi connectivity index (χ0n) is 50.5. The van der Waals surface area contributed by atoms with Crippen molar-refractivity contribution >= 4 is 65.4 Å². The lowest BCUT2D eigenvalue weighted by atomic mass is 10.0. The Kier molecular flexibility index (Phi) is 12.8. The highest BCUT2D eigenvalue weighted by Crippen LogP contribution is 2.44. The Morgan fingerprint density at radius 1 is 0.172 bits per heavy atom. The summed E-state index contributed by atoms with van der Waals surface area (Å²) in [6.45, 7) is 0. The van der Waals surface area contributed by atoms with Crippen LogP contribution in [0.5, 0.6) is 0 Å². The lowest BCUT2D eigenvalue weighted by molar-refractivity contribution is 0.950. The predicted molar refractivity (Wildman–Crippen MR) is 386 cm³/mol. The van der Waals surface area contributed by atoms with Crippen LogP contribution >= 0.6 is 0 Å². The van der Waals surface area contributed by atoms with Gasteiger partial charge < -0.3 is 9.13 Å². The van der Waals surface area contributed by atoms with Gasteiger partial charge >= 0.3 is 0 Å². The van der Waals surface area contributed by atoms with Gasteiger partial charge in [-0.1, -0.05) is 279 Å². The summed E-state index contributed by atoms with van der Waals surface area (Å²) in [6.07, 6.45) is 0. The Labute approximate surface area is 537 Å². The van der Waals surface area contributed by atoms with E-state index in [1.54, 1.807) is 0 Å². The minimum Gasteiger partial charge on any atom is -0.308 e. The number of rotatable bonds is 11. The van der Waals surface area contributed by atoms with Crippen LogP contribution in [-0.4, -0.2) is 28.7 Å². The Hall–Kier alpha value is -12.5. The average molecular weight is 1190 g/mol.